The first-order valence-corrected chi connectivity index (χ1v) is 6.45. The van der Waals surface area contributed by atoms with Crippen molar-refractivity contribution in [2.24, 2.45) is 5.92 Å². The molecule has 1 N–H and O–H groups in total. The minimum atomic E-state index is -0.257. The molecule has 1 amide bonds. The van der Waals surface area contributed by atoms with Crippen LogP contribution in [0.3, 0.4) is 0 Å². The summed E-state index contributed by atoms with van der Waals surface area (Å²) in [5.74, 6) is -0.216. The van der Waals surface area contributed by atoms with Gasteiger partial charge in [0.25, 0.3) is 5.91 Å². The zero-order chi connectivity index (χ0) is 14.4. The summed E-state index contributed by atoms with van der Waals surface area (Å²) in [6, 6.07) is 3.29. The highest BCUT2D eigenvalue weighted by Crippen LogP contribution is 2.19. The normalized spacial score (nSPS) is 26.2. The van der Waals surface area contributed by atoms with Crippen molar-refractivity contribution >= 4 is 5.91 Å². The van der Waals surface area contributed by atoms with Crippen LogP contribution in [0.1, 0.15) is 10.5 Å². The van der Waals surface area contributed by atoms with E-state index in [0.717, 1.165) is 0 Å². The van der Waals surface area contributed by atoms with E-state index in [-0.39, 0.29) is 24.0 Å². The third-order valence-corrected chi connectivity index (χ3v) is 3.35. The Balaban J connectivity index is 1.90. The Morgan fingerprint density at radius 3 is 2.95 bits per heavy atom. The summed E-state index contributed by atoms with van der Waals surface area (Å²) in [5.41, 5.74) is 0.293. The molecule has 1 aromatic heterocycles. The highest BCUT2D eigenvalue weighted by Gasteiger charge is 2.34. The maximum atomic E-state index is 11.9. The van der Waals surface area contributed by atoms with E-state index >= 15 is 0 Å². The molecule has 1 saturated heterocycles. The van der Waals surface area contributed by atoms with Crippen molar-refractivity contribution < 1.29 is 19.0 Å². The molecule has 1 fully saturated rings. The van der Waals surface area contributed by atoms with E-state index in [0.29, 0.717) is 25.5 Å². The van der Waals surface area contributed by atoms with Crippen molar-refractivity contribution in [1.82, 2.24) is 15.5 Å². The van der Waals surface area contributed by atoms with Crippen LogP contribution in [-0.2, 0) is 14.2 Å². The van der Waals surface area contributed by atoms with Crippen molar-refractivity contribution in [2.45, 2.75) is 12.2 Å². The maximum absolute atomic E-state index is 11.9. The number of aromatic nitrogens is 2. The third-order valence-electron chi connectivity index (χ3n) is 3.35. The minimum Gasteiger partial charge on any atom is -0.378 e. The van der Waals surface area contributed by atoms with Crippen molar-refractivity contribution in [3.63, 3.8) is 0 Å². The number of amides is 1. The smallest absolute Gasteiger partial charge is 0.271 e. The summed E-state index contributed by atoms with van der Waals surface area (Å²) in [5, 5.41) is 10.3. The molecule has 110 valence electrons. The van der Waals surface area contributed by atoms with Crippen LogP contribution in [0.25, 0.3) is 0 Å². The fourth-order valence-electron chi connectivity index (χ4n) is 2.29. The molecule has 1 aliphatic rings. The quantitative estimate of drug-likeness (QED) is 0.810. The fourth-order valence-corrected chi connectivity index (χ4v) is 2.29. The lowest BCUT2D eigenvalue weighted by Gasteiger charge is -2.36. The second kappa shape index (κ2) is 7.28. The van der Waals surface area contributed by atoms with Gasteiger partial charge in [0, 0.05) is 32.9 Å². The van der Waals surface area contributed by atoms with Gasteiger partial charge in [0.1, 0.15) is 6.10 Å². The zero-order valence-electron chi connectivity index (χ0n) is 11.6. The molecule has 2 heterocycles. The van der Waals surface area contributed by atoms with E-state index in [1.54, 1.807) is 26.4 Å². The van der Waals surface area contributed by atoms with Crippen LogP contribution in [-0.4, -0.2) is 62.3 Å². The maximum Gasteiger partial charge on any atom is 0.271 e. The highest BCUT2D eigenvalue weighted by molar-refractivity contribution is 5.91. The van der Waals surface area contributed by atoms with Crippen LogP contribution in [0.4, 0.5) is 0 Å². The number of methoxy groups -OCH3 is 2. The van der Waals surface area contributed by atoms with Gasteiger partial charge in [-0.3, -0.25) is 4.79 Å². The molecule has 20 heavy (non-hydrogen) atoms. The molecule has 0 aliphatic carbocycles. The number of carbonyl (C=O) groups excluding carboxylic acids is 1. The Morgan fingerprint density at radius 2 is 2.30 bits per heavy atom. The van der Waals surface area contributed by atoms with Crippen molar-refractivity contribution in [3.8, 4) is 0 Å². The molecule has 0 unspecified atom stereocenters. The second-order valence-electron chi connectivity index (χ2n) is 4.59. The molecular weight excluding hydrogens is 262 g/mol. The summed E-state index contributed by atoms with van der Waals surface area (Å²) in [6.07, 6.45) is 1.30. The first kappa shape index (κ1) is 14.8. The number of hydrogen-bond donors (Lipinski definition) is 1. The molecule has 1 aromatic rings. The summed E-state index contributed by atoms with van der Waals surface area (Å²) >= 11 is 0. The Morgan fingerprint density at radius 1 is 1.45 bits per heavy atom. The fraction of sp³-hybridized carbons (Fsp3) is 0.615. The molecule has 7 heteroatoms. The van der Waals surface area contributed by atoms with Gasteiger partial charge < -0.3 is 19.5 Å². The molecule has 0 radical (unpaired) electrons. The van der Waals surface area contributed by atoms with Gasteiger partial charge in [-0.1, -0.05) is 0 Å². The van der Waals surface area contributed by atoms with E-state index < -0.39 is 0 Å². The summed E-state index contributed by atoms with van der Waals surface area (Å²) < 4.78 is 16.3. The lowest BCUT2D eigenvalue weighted by molar-refractivity contribution is -0.145. The zero-order valence-corrected chi connectivity index (χ0v) is 11.6. The Kier molecular flexibility index (Phi) is 5.40. The predicted octanol–water partition coefficient (Wildman–Crippen LogP) is -0.117. The van der Waals surface area contributed by atoms with Crippen molar-refractivity contribution in [1.29, 1.82) is 0 Å². The monoisotopic (exact) mass is 281 g/mol. The predicted molar refractivity (Wildman–Crippen MR) is 70.3 cm³/mol. The summed E-state index contributed by atoms with van der Waals surface area (Å²) in [4.78, 5) is 11.9. The first-order chi connectivity index (χ1) is 9.76. The van der Waals surface area contributed by atoms with Crippen molar-refractivity contribution in [3.05, 3.63) is 24.0 Å². The van der Waals surface area contributed by atoms with Crippen LogP contribution in [0.5, 0.6) is 0 Å². The number of nitrogens with one attached hydrogen (secondary N) is 1. The number of carbonyl (C=O) groups is 1. The van der Waals surface area contributed by atoms with E-state index in [1.165, 1.54) is 6.20 Å². The molecule has 7 nitrogen and oxygen atoms in total. The largest absolute Gasteiger partial charge is 0.378 e. The van der Waals surface area contributed by atoms with Gasteiger partial charge in [-0.2, -0.15) is 5.10 Å². The van der Waals surface area contributed by atoms with Gasteiger partial charge in [-0.15, -0.1) is 5.10 Å². The molecule has 1 aliphatic heterocycles. The number of ether oxygens (including phenoxy) is 3. The number of nitrogens with zero attached hydrogens (tertiary/aromatic N) is 2. The SMILES string of the molecule is CO[C@H]1[C@H](CNC(=O)c2cccnn2)COC[C@H]1OC. The molecule has 0 bridgehead atoms. The van der Waals surface area contributed by atoms with Gasteiger partial charge in [-0.25, -0.2) is 0 Å². The lowest BCUT2D eigenvalue weighted by atomic mass is 9.96. The minimum absolute atomic E-state index is 0.0410. The van der Waals surface area contributed by atoms with Gasteiger partial charge in [0.2, 0.25) is 0 Å². The second-order valence-corrected chi connectivity index (χ2v) is 4.59. The van der Waals surface area contributed by atoms with Crippen molar-refractivity contribution in [2.75, 3.05) is 34.0 Å². The van der Waals surface area contributed by atoms with E-state index in [9.17, 15) is 4.79 Å². The standard InChI is InChI=1S/C13H19N3O4/c1-18-11-8-20-7-9(12(11)19-2)6-14-13(17)10-4-3-5-15-16-10/h3-5,9,11-12H,6-8H2,1-2H3,(H,14,17)/t9-,11-,12+/m1/s1. The molecule has 0 saturated carbocycles. The van der Waals surface area contributed by atoms with Crippen LogP contribution >= 0.6 is 0 Å². The van der Waals surface area contributed by atoms with E-state index in [2.05, 4.69) is 15.5 Å². The van der Waals surface area contributed by atoms with Gasteiger partial charge in [0.15, 0.2) is 5.69 Å². The number of hydrogen-bond acceptors (Lipinski definition) is 6. The average molecular weight is 281 g/mol. The summed E-state index contributed by atoms with van der Waals surface area (Å²) in [7, 11) is 3.26. The van der Waals surface area contributed by atoms with E-state index in [4.69, 9.17) is 14.2 Å². The summed E-state index contributed by atoms with van der Waals surface area (Å²) in [6.45, 7) is 1.47. The van der Waals surface area contributed by atoms with Crippen LogP contribution in [0.15, 0.2) is 18.3 Å². The van der Waals surface area contributed by atoms with Gasteiger partial charge in [-0.05, 0) is 12.1 Å². The van der Waals surface area contributed by atoms with Crippen LogP contribution in [0.2, 0.25) is 0 Å². The number of rotatable bonds is 5. The Bertz CT molecular complexity index is 429. The Labute approximate surface area is 117 Å². The molecule has 0 spiro atoms. The molecular formula is C13H19N3O4. The third kappa shape index (κ3) is 3.50. The topological polar surface area (TPSA) is 82.6 Å². The van der Waals surface area contributed by atoms with Crippen LogP contribution < -0.4 is 5.32 Å². The molecule has 2 rings (SSSR count). The van der Waals surface area contributed by atoms with E-state index in [1.807, 2.05) is 0 Å². The molecule has 0 aromatic carbocycles. The lowest BCUT2D eigenvalue weighted by Crippen LogP contribution is -2.50. The van der Waals surface area contributed by atoms with Gasteiger partial charge in [0.05, 0.1) is 19.3 Å². The first-order valence-electron chi connectivity index (χ1n) is 6.45. The Hall–Kier alpha value is -1.57. The molecule has 3 atom stereocenters. The highest BCUT2D eigenvalue weighted by atomic mass is 16.6. The van der Waals surface area contributed by atoms with Gasteiger partial charge >= 0.3 is 0 Å². The van der Waals surface area contributed by atoms with Crippen LogP contribution in [0, 0.1) is 5.92 Å². The average Bonchev–Trinajstić information content (AvgIpc) is 2.52.